The number of hydrogen-bond donors (Lipinski definition) is 1. The number of likely N-dealkylation sites (N-methyl/N-ethyl adjacent to an activating group) is 1. The van der Waals surface area contributed by atoms with Gasteiger partial charge in [-0.2, -0.15) is 4.31 Å². The molecule has 0 fully saturated rings. The van der Waals surface area contributed by atoms with Gasteiger partial charge in [-0.25, -0.2) is 13.2 Å². The third-order valence-electron chi connectivity index (χ3n) is 3.66. The Morgan fingerprint density at radius 1 is 1.19 bits per heavy atom. The summed E-state index contributed by atoms with van der Waals surface area (Å²) >= 11 is 1.10. The van der Waals surface area contributed by atoms with Gasteiger partial charge in [0.05, 0.1) is 18.7 Å². The molecular weight excluding hydrogens is 388 g/mol. The number of carbonyl (C=O) groups is 2. The second kappa shape index (κ2) is 9.63. The maximum Gasteiger partial charge on any atom is 0.338 e. The molecule has 2 rings (SSSR count). The first kappa shape index (κ1) is 21.1. The molecule has 1 aromatic heterocycles. The van der Waals surface area contributed by atoms with E-state index in [1.165, 1.54) is 13.1 Å². The quantitative estimate of drug-likeness (QED) is 0.507. The van der Waals surface area contributed by atoms with Crippen LogP contribution in [0.25, 0.3) is 0 Å². The third-order valence-corrected chi connectivity index (χ3v) is 6.84. The van der Waals surface area contributed by atoms with Crippen molar-refractivity contribution >= 4 is 38.9 Å². The van der Waals surface area contributed by atoms with Crippen LogP contribution < -0.4 is 5.32 Å². The number of rotatable bonds is 9. The Balaban J connectivity index is 1.91. The summed E-state index contributed by atoms with van der Waals surface area (Å²) in [5, 5.41) is 4.28. The van der Waals surface area contributed by atoms with Gasteiger partial charge in [0.15, 0.2) is 0 Å². The standard InChI is InChI=1S/C18H22N2O5S2/c1-3-4-11-25-18(22)14-7-9-15(10-8-14)19-16(21)13-20(2)27(23,24)17-6-5-12-26-17/h5-10,12H,3-4,11,13H2,1-2H3,(H,19,21). The van der Waals surface area contributed by atoms with Crippen molar-refractivity contribution in [3.05, 3.63) is 47.3 Å². The number of sulfonamides is 1. The van der Waals surface area contributed by atoms with E-state index in [0.29, 0.717) is 17.9 Å². The highest BCUT2D eigenvalue weighted by Gasteiger charge is 2.23. The predicted octanol–water partition coefficient (Wildman–Crippen LogP) is 2.96. The molecule has 0 bridgehead atoms. The van der Waals surface area contributed by atoms with Crippen LogP contribution in [-0.2, 0) is 19.6 Å². The number of esters is 1. The predicted molar refractivity (Wildman–Crippen MR) is 104 cm³/mol. The number of ether oxygens (including phenoxy) is 1. The summed E-state index contributed by atoms with van der Waals surface area (Å²) < 4.78 is 30.9. The van der Waals surface area contributed by atoms with E-state index < -0.39 is 21.9 Å². The molecule has 1 amide bonds. The lowest BCUT2D eigenvalue weighted by Crippen LogP contribution is -2.34. The number of benzene rings is 1. The normalized spacial score (nSPS) is 11.4. The number of hydrogen-bond acceptors (Lipinski definition) is 6. The Morgan fingerprint density at radius 3 is 2.48 bits per heavy atom. The van der Waals surface area contributed by atoms with Gasteiger partial charge >= 0.3 is 5.97 Å². The maximum atomic E-state index is 12.3. The minimum atomic E-state index is -3.68. The molecule has 0 atom stereocenters. The minimum absolute atomic E-state index is 0.184. The van der Waals surface area contributed by atoms with E-state index in [9.17, 15) is 18.0 Å². The number of anilines is 1. The fourth-order valence-electron chi connectivity index (χ4n) is 2.13. The average Bonchev–Trinajstić information content (AvgIpc) is 3.17. The Kier molecular flexibility index (Phi) is 7.52. The molecule has 0 aliphatic heterocycles. The molecule has 2 aromatic rings. The van der Waals surface area contributed by atoms with E-state index in [2.05, 4.69) is 5.32 Å². The first-order valence-electron chi connectivity index (χ1n) is 8.41. The van der Waals surface area contributed by atoms with Crippen molar-refractivity contribution in [1.29, 1.82) is 0 Å². The Bertz CT molecular complexity index is 862. The highest BCUT2D eigenvalue weighted by Crippen LogP contribution is 2.19. The molecule has 1 N–H and O–H groups in total. The number of amides is 1. The van der Waals surface area contributed by atoms with Crippen LogP contribution in [0.15, 0.2) is 46.0 Å². The van der Waals surface area contributed by atoms with Gasteiger partial charge in [0, 0.05) is 12.7 Å². The lowest BCUT2D eigenvalue weighted by Gasteiger charge is -2.15. The summed E-state index contributed by atoms with van der Waals surface area (Å²) in [4.78, 5) is 24.0. The highest BCUT2D eigenvalue weighted by molar-refractivity contribution is 7.91. The number of carbonyl (C=O) groups excluding carboxylic acids is 2. The highest BCUT2D eigenvalue weighted by atomic mass is 32.2. The first-order valence-corrected chi connectivity index (χ1v) is 10.7. The fraction of sp³-hybridized carbons (Fsp3) is 0.333. The molecule has 1 aromatic carbocycles. The van der Waals surface area contributed by atoms with Gasteiger partial charge in [0.25, 0.3) is 10.0 Å². The van der Waals surface area contributed by atoms with E-state index in [4.69, 9.17) is 4.74 Å². The van der Waals surface area contributed by atoms with E-state index in [-0.39, 0.29) is 10.8 Å². The second-order valence-corrected chi connectivity index (χ2v) is 9.03. The number of unbranched alkanes of at least 4 members (excludes halogenated alkanes) is 1. The summed E-state index contributed by atoms with van der Waals surface area (Å²) in [6.07, 6.45) is 1.75. The van der Waals surface area contributed by atoms with Crippen LogP contribution in [0.4, 0.5) is 5.69 Å². The van der Waals surface area contributed by atoms with Gasteiger partial charge in [0.1, 0.15) is 4.21 Å². The zero-order valence-corrected chi connectivity index (χ0v) is 16.8. The maximum absolute atomic E-state index is 12.3. The van der Waals surface area contributed by atoms with Gasteiger partial charge < -0.3 is 10.1 Å². The van der Waals surface area contributed by atoms with Crippen molar-refractivity contribution < 1.29 is 22.7 Å². The number of nitrogens with one attached hydrogen (secondary N) is 1. The Labute approximate surface area is 163 Å². The minimum Gasteiger partial charge on any atom is -0.462 e. The molecule has 0 radical (unpaired) electrons. The third kappa shape index (κ3) is 5.88. The van der Waals surface area contributed by atoms with Crippen LogP contribution in [0.2, 0.25) is 0 Å². The van der Waals surface area contributed by atoms with Crippen LogP contribution >= 0.6 is 11.3 Å². The van der Waals surface area contributed by atoms with Crippen LogP contribution in [0, 0.1) is 0 Å². The molecule has 0 saturated heterocycles. The van der Waals surface area contributed by atoms with Crippen LogP contribution in [0.1, 0.15) is 30.1 Å². The number of thiophene rings is 1. The molecule has 0 saturated carbocycles. The van der Waals surface area contributed by atoms with Crippen molar-refractivity contribution in [1.82, 2.24) is 4.31 Å². The summed E-state index contributed by atoms with van der Waals surface area (Å²) in [6, 6.07) is 9.38. The smallest absolute Gasteiger partial charge is 0.338 e. The summed E-state index contributed by atoms with van der Waals surface area (Å²) in [6.45, 7) is 2.06. The molecule has 0 unspecified atom stereocenters. The van der Waals surface area contributed by atoms with Gasteiger partial charge in [0.2, 0.25) is 5.91 Å². The Hall–Kier alpha value is -2.23. The van der Waals surface area contributed by atoms with E-state index in [1.54, 1.807) is 35.7 Å². The molecule has 0 aliphatic rings. The molecule has 1 heterocycles. The lowest BCUT2D eigenvalue weighted by atomic mass is 10.2. The number of nitrogens with zero attached hydrogens (tertiary/aromatic N) is 1. The first-order chi connectivity index (χ1) is 12.8. The van der Waals surface area contributed by atoms with Crippen molar-refractivity contribution in [2.45, 2.75) is 24.0 Å². The second-order valence-electron chi connectivity index (χ2n) is 5.81. The zero-order valence-electron chi connectivity index (χ0n) is 15.2. The molecule has 146 valence electrons. The van der Waals surface area contributed by atoms with Crippen LogP contribution in [0.3, 0.4) is 0 Å². The summed E-state index contributed by atoms with van der Waals surface area (Å²) in [5.74, 6) is -0.890. The van der Waals surface area contributed by atoms with E-state index in [0.717, 1.165) is 28.5 Å². The molecular formula is C18H22N2O5S2. The molecule has 27 heavy (non-hydrogen) atoms. The Morgan fingerprint density at radius 2 is 1.89 bits per heavy atom. The summed E-state index contributed by atoms with van der Waals surface area (Å²) in [5.41, 5.74) is 0.855. The van der Waals surface area contributed by atoms with Gasteiger partial charge in [-0.1, -0.05) is 19.4 Å². The van der Waals surface area contributed by atoms with Crippen molar-refractivity contribution in [3.63, 3.8) is 0 Å². The molecule has 0 aliphatic carbocycles. The monoisotopic (exact) mass is 410 g/mol. The van der Waals surface area contributed by atoms with Crippen molar-refractivity contribution in [3.8, 4) is 0 Å². The topological polar surface area (TPSA) is 92.8 Å². The van der Waals surface area contributed by atoms with Crippen LogP contribution in [0.5, 0.6) is 0 Å². The largest absolute Gasteiger partial charge is 0.462 e. The van der Waals surface area contributed by atoms with Crippen molar-refractivity contribution in [2.24, 2.45) is 0 Å². The summed E-state index contributed by atoms with van der Waals surface area (Å²) in [7, 11) is -2.33. The van der Waals surface area contributed by atoms with E-state index in [1.807, 2.05) is 6.92 Å². The molecule has 9 heteroatoms. The molecule has 0 spiro atoms. The van der Waals surface area contributed by atoms with Gasteiger partial charge in [-0.3, -0.25) is 4.79 Å². The average molecular weight is 411 g/mol. The van der Waals surface area contributed by atoms with Crippen LogP contribution in [-0.4, -0.2) is 44.8 Å². The fourth-order valence-corrected chi connectivity index (χ4v) is 4.46. The molecule has 7 nitrogen and oxygen atoms in total. The lowest BCUT2D eigenvalue weighted by molar-refractivity contribution is -0.116. The van der Waals surface area contributed by atoms with Gasteiger partial charge in [-0.05, 0) is 42.1 Å². The van der Waals surface area contributed by atoms with Crippen molar-refractivity contribution in [2.75, 3.05) is 25.5 Å². The van der Waals surface area contributed by atoms with Gasteiger partial charge in [-0.15, -0.1) is 11.3 Å². The van der Waals surface area contributed by atoms with E-state index >= 15 is 0 Å². The SMILES string of the molecule is CCCCOC(=O)c1ccc(NC(=O)CN(C)S(=O)(=O)c2cccs2)cc1. The zero-order chi connectivity index (χ0) is 19.9.